The first-order valence-corrected chi connectivity index (χ1v) is 9.38. The third kappa shape index (κ3) is 3.56. The van der Waals surface area contributed by atoms with Gasteiger partial charge in [-0.2, -0.15) is 0 Å². The standard InChI is InChI=1S/C19H27N3O2/c1-13-10-15(12-22(13)16-7-8-16)21-19(23)14-6-9-18(20-11-14)24-17-4-2-3-5-17/h6,9,11,13,15-17H,2-5,7-8,10,12H2,1H3,(H,21,23). The third-order valence-electron chi connectivity index (χ3n) is 5.56. The summed E-state index contributed by atoms with van der Waals surface area (Å²) in [5.74, 6) is 0.609. The Morgan fingerprint density at radius 1 is 1.25 bits per heavy atom. The fraction of sp³-hybridized carbons (Fsp3) is 0.684. The van der Waals surface area contributed by atoms with Crippen LogP contribution in [-0.2, 0) is 0 Å². The zero-order valence-corrected chi connectivity index (χ0v) is 14.4. The number of likely N-dealkylation sites (tertiary alicyclic amines) is 1. The Hall–Kier alpha value is -1.62. The first kappa shape index (κ1) is 15.9. The van der Waals surface area contributed by atoms with Crippen LogP contribution in [0.5, 0.6) is 5.88 Å². The van der Waals surface area contributed by atoms with Gasteiger partial charge in [0.05, 0.1) is 5.56 Å². The highest BCUT2D eigenvalue weighted by Gasteiger charge is 2.39. The second kappa shape index (κ2) is 6.71. The van der Waals surface area contributed by atoms with Gasteiger partial charge in [0.25, 0.3) is 5.91 Å². The highest BCUT2D eigenvalue weighted by Crippen LogP contribution is 2.33. The molecule has 2 heterocycles. The first-order valence-electron chi connectivity index (χ1n) is 9.38. The number of rotatable bonds is 5. The van der Waals surface area contributed by atoms with Crippen LogP contribution >= 0.6 is 0 Å². The SMILES string of the molecule is CC1CC(NC(=O)c2ccc(OC3CCCC3)nc2)CN1C1CC1. The second-order valence-corrected chi connectivity index (χ2v) is 7.59. The summed E-state index contributed by atoms with van der Waals surface area (Å²) in [6.07, 6.45) is 10.3. The van der Waals surface area contributed by atoms with Crippen LogP contribution in [0.3, 0.4) is 0 Å². The summed E-state index contributed by atoms with van der Waals surface area (Å²) in [6, 6.07) is 5.23. The number of carbonyl (C=O) groups excluding carboxylic acids is 1. The zero-order valence-electron chi connectivity index (χ0n) is 14.4. The predicted molar refractivity (Wildman–Crippen MR) is 92.2 cm³/mol. The largest absolute Gasteiger partial charge is 0.474 e. The molecule has 5 nitrogen and oxygen atoms in total. The van der Waals surface area contributed by atoms with Crippen molar-refractivity contribution in [1.29, 1.82) is 0 Å². The Balaban J connectivity index is 1.31. The van der Waals surface area contributed by atoms with Crippen molar-refractivity contribution in [1.82, 2.24) is 15.2 Å². The van der Waals surface area contributed by atoms with E-state index < -0.39 is 0 Å². The Morgan fingerprint density at radius 2 is 2.04 bits per heavy atom. The molecule has 130 valence electrons. The molecule has 3 aliphatic rings. The quantitative estimate of drug-likeness (QED) is 0.902. The summed E-state index contributed by atoms with van der Waals surface area (Å²) >= 11 is 0. The predicted octanol–water partition coefficient (Wildman–Crippen LogP) is 2.76. The molecule has 2 atom stereocenters. The number of aromatic nitrogens is 1. The van der Waals surface area contributed by atoms with Crippen LogP contribution in [0, 0.1) is 0 Å². The topological polar surface area (TPSA) is 54.5 Å². The number of nitrogens with one attached hydrogen (secondary N) is 1. The van der Waals surface area contributed by atoms with E-state index in [0.717, 1.165) is 31.8 Å². The number of hydrogen-bond donors (Lipinski definition) is 1. The Morgan fingerprint density at radius 3 is 2.71 bits per heavy atom. The van der Waals surface area contributed by atoms with E-state index in [0.29, 0.717) is 23.6 Å². The molecule has 3 fully saturated rings. The van der Waals surface area contributed by atoms with E-state index in [9.17, 15) is 4.79 Å². The molecule has 2 saturated carbocycles. The maximum absolute atomic E-state index is 12.4. The monoisotopic (exact) mass is 329 g/mol. The lowest BCUT2D eigenvalue weighted by Gasteiger charge is -2.19. The van der Waals surface area contributed by atoms with Crippen molar-refractivity contribution in [3.63, 3.8) is 0 Å². The molecule has 2 aliphatic carbocycles. The number of hydrogen-bond acceptors (Lipinski definition) is 4. The Kier molecular flexibility index (Phi) is 4.44. The number of ether oxygens (including phenoxy) is 1. The van der Waals surface area contributed by atoms with Crippen molar-refractivity contribution < 1.29 is 9.53 Å². The summed E-state index contributed by atoms with van der Waals surface area (Å²) < 4.78 is 5.86. The normalized spacial score (nSPS) is 28.2. The summed E-state index contributed by atoms with van der Waals surface area (Å²) in [6.45, 7) is 3.25. The molecule has 1 aliphatic heterocycles. The number of carbonyl (C=O) groups is 1. The maximum atomic E-state index is 12.4. The lowest BCUT2D eigenvalue weighted by Crippen LogP contribution is -2.37. The second-order valence-electron chi connectivity index (χ2n) is 7.59. The van der Waals surface area contributed by atoms with Gasteiger partial charge in [-0.3, -0.25) is 9.69 Å². The number of amides is 1. The molecule has 0 spiro atoms. The van der Waals surface area contributed by atoms with E-state index in [1.807, 2.05) is 12.1 Å². The van der Waals surface area contributed by atoms with Crippen LogP contribution < -0.4 is 10.1 Å². The molecule has 2 unspecified atom stereocenters. The minimum absolute atomic E-state index is 0.0234. The molecule has 4 rings (SSSR count). The fourth-order valence-corrected chi connectivity index (χ4v) is 4.11. The summed E-state index contributed by atoms with van der Waals surface area (Å²) in [5.41, 5.74) is 0.617. The van der Waals surface area contributed by atoms with Gasteiger partial charge in [-0.15, -0.1) is 0 Å². The van der Waals surface area contributed by atoms with Crippen LogP contribution in [-0.4, -0.2) is 46.6 Å². The average Bonchev–Trinajstić information content (AvgIpc) is 3.17. The lowest BCUT2D eigenvalue weighted by atomic mass is 10.1. The molecular weight excluding hydrogens is 302 g/mol. The van der Waals surface area contributed by atoms with Crippen molar-refractivity contribution in [2.75, 3.05) is 6.54 Å². The van der Waals surface area contributed by atoms with Gasteiger partial charge in [0.15, 0.2) is 0 Å². The summed E-state index contributed by atoms with van der Waals surface area (Å²) in [4.78, 5) is 19.3. The Labute approximate surface area is 143 Å². The summed E-state index contributed by atoms with van der Waals surface area (Å²) in [7, 11) is 0. The van der Waals surface area contributed by atoms with Crippen molar-refractivity contribution in [2.45, 2.75) is 76.1 Å². The molecule has 0 aromatic carbocycles. The highest BCUT2D eigenvalue weighted by molar-refractivity contribution is 5.94. The van der Waals surface area contributed by atoms with Crippen LogP contribution in [0.4, 0.5) is 0 Å². The molecule has 5 heteroatoms. The number of pyridine rings is 1. The van der Waals surface area contributed by atoms with E-state index in [2.05, 4.69) is 22.1 Å². The van der Waals surface area contributed by atoms with Crippen molar-refractivity contribution in [3.8, 4) is 5.88 Å². The minimum atomic E-state index is -0.0234. The molecule has 24 heavy (non-hydrogen) atoms. The fourth-order valence-electron chi connectivity index (χ4n) is 4.11. The van der Waals surface area contributed by atoms with Gasteiger partial charge in [-0.1, -0.05) is 0 Å². The average molecular weight is 329 g/mol. The molecular formula is C19H27N3O2. The van der Waals surface area contributed by atoms with Gasteiger partial charge in [-0.25, -0.2) is 4.98 Å². The van der Waals surface area contributed by atoms with Crippen molar-refractivity contribution >= 4 is 5.91 Å². The molecule has 1 aromatic rings. The molecule has 1 aromatic heterocycles. The molecule has 0 bridgehead atoms. The molecule has 1 amide bonds. The van der Waals surface area contributed by atoms with Crippen LogP contribution in [0.1, 0.15) is 62.2 Å². The Bertz CT molecular complexity index is 579. The third-order valence-corrected chi connectivity index (χ3v) is 5.56. The lowest BCUT2D eigenvalue weighted by molar-refractivity contribution is 0.0937. The zero-order chi connectivity index (χ0) is 16.5. The van der Waals surface area contributed by atoms with Crippen LogP contribution in [0.15, 0.2) is 18.3 Å². The van der Waals surface area contributed by atoms with E-state index >= 15 is 0 Å². The van der Waals surface area contributed by atoms with Gasteiger partial charge < -0.3 is 10.1 Å². The molecule has 1 saturated heterocycles. The van der Waals surface area contributed by atoms with Gasteiger partial charge in [-0.05, 0) is 57.9 Å². The van der Waals surface area contributed by atoms with Gasteiger partial charge in [0, 0.05) is 36.9 Å². The van der Waals surface area contributed by atoms with Crippen LogP contribution in [0.25, 0.3) is 0 Å². The van der Waals surface area contributed by atoms with Crippen LogP contribution in [0.2, 0.25) is 0 Å². The van der Waals surface area contributed by atoms with E-state index in [4.69, 9.17) is 4.74 Å². The van der Waals surface area contributed by atoms with E-state index in [1.165, 1.54) is 25.7 Å². The highest BCUT2D eigenvalue weighted by atomic mass is 16.5. The van der Waals surface area contributed by atoms with Gasteiger partial charge >= 0.3 is 0 Å². The molecule has 0 radical (unpaired) electrons. The van der Waals surface area contributed by atoms with Crippen molar-refractivity contribution in [3.05, 3.63) is 23.9 Å². The van der Waals surface area contributed by atoms with Gasteiger partial charge in [0.2, 0.25) is 5.88 Å². The molecule has 1 N–H and O–H groups in total. The minimum Gasteiger partial charge on any atom is -0.474 e. The smallest absolute Gasteiger partial charge is 0.253 e. The van der Waals surface area contributed by atoms with E-state index in [1.54, 1.807) is 6.20 Å². The van der Waals surface area contributed by atoms with E-state index in [-0.39, 0.29) is 11.9 Å². The number of nitrogens with zero attached hydrogens (tertiary/aromatic N) is 2. The van der Waals surface area contributed by atoms with Gasteiger partial charge in [0.1, 0.15) is 6.10 Å². The summed E-state index contributed by atoms with van der Waals surface area (Å²) in [5, 5.41) is 3.17. The maximum Gasteiger partial charge on any atom is 0.253 e. The first-order chi connectivity index (χ1) is 11.7. The van der Waals surface area contributed by atoms with Crippen molar-refractivity contribution in [2.24, 2.45) is 0 Å².